The normalized spacial score (nSPS) is 22.0. The Kier molecular flexibility index (Phi) is 6.71. The molecule has 1 aromatic heterocycles. The van der Waals surface area contributed by atoms with E-state index in [4.69, 9.17) is 5.73 Å². The van der Waals surface area contributed by atoms with Gasteiger partial charge in [0.15, 0.2) is 0 Å². The van der Waals surface area contributed by atoms with E-state index in [1.165, 1.54) is 83.0 Å². The summed E-state index contributed by atoms with van der Waals surface area (Å²) in [7, 11) is 0. The van der Waals surface area contributed by atoms with Crippen LogP contribution in [-0.2, 0) is 0 Å². The Labute approximate surface area is 153 Å². The van der Waals surface area contributed by atoms with Crippen molar-refractivity contribution in [2.45, 2.75) is 70.8 Å². The molecule has 0 aromatic carbocycles. The molecule has 1 saturated carbocycles. The number of hydrogen-bond acceptors (Lipinski definition) is 4. The van der Waals surface area contributed by atoms with Crippen molar-refractivity contribution in [3.63, 3.8) is 0 Å². The molecule has 0 amide bonds. The molecule has 2 fully saturated rings. The molecule has 1 aliphatic carbocycles. The Morgan fingerprint density at radius 1 is 1.16 bits per heavy atom. The minimum absolute atomic E-state index is 0.550. The lowest BCUT2D eigenvalue weighted by Gasteiger charge is -2.40. The lowest BCUT2D eigenvalue weighted by atomic mass is 9.69. The van der Waals surface area contributed by atoms with Crippen LogP contribution in [0.5, 0.6) is 0 Å². The van der Waals surface area contributed by atoms with Gasteiger partial charge in [-0.1, -0.05) is 25.3 Å². The SMILES string of the molecule is Cc1ccc(NC2CCN(CCC3(CCN)CCCCC3)CC2)nc1. The molecule has 0 bridgehead atoms. The highest BCUT2D eigenvalue weighted by Gasteiger charge is 2.31. The molecule has 0 radical (unpaired) electrons. The van der Waals surface area contributed by atoms with Gasteiger partial charge in [0.25, 0.3) is 0 Å². The molecule has 4 heteroatoms. The van der Waals surface area contributed by atoms with Crippen LogP contribution >= 0.6 is 0 Å². The van der Waals surface area contributed by atoms with E-state index in [1.807, 2.05) is 6.20 Å². The van der Waals surface area contributed by atoms with Crippen molar-refractivity contribution >= 4 is 5.82 Å². The molecule has 2 heterocycles. The lowest BCUT2D eigenvalue weighted by molar-refractivity contribution is 0.120. The standard InChI is InChI=1S/C21H36N4/c1-18-5-6-20(23-17-18)24-19-7-14-25(15-8-19)16-12-21(11-13-22)9-3-2-4-10-21/h5-6,17,19H,2-4,7-16,22H2,1H3,(H,23,24). The zero-order valence-corrected chi connectivity index (χ0v) is 16.0. The van der Waals surface area contributed by atoms with E-state index in [9.17, 15) is 0 Å². The van der Waals surface area contributed by atoms with Gasteiger partial charge < -0.3 is 16.0 Å². The van der Waals surface area contributed by atoms with Gasteiger partial charge in [-0.2, -0.15) is 0 Å². The topological polar surface area (TPSA) is 54.2 Å². The molecule has 0 atom stereocenters. The summed E-state index contributed by atoms with van der Waals surface area (Å²) in [6.07, 6.45) is 14.0. The summed E-state index contributed by atoms with van der Waals surface area (Å²) in [6, 6.07) is 4.80. The number of hydrogen-bond donors (Lipinski definition) is 2. The summed E-state index contributed by atoms with van der Waals surface area (Å²) in [4.78, 5) is 7.16. The minimum atomic E-state index is 0.550. The van der Waals surface area contributed by atoms with Crippen LogP contribution in [0, 0.1) is 12.3 Å². The molecule has 140 valence electrons. The predicted octanol–water partition coefficient (Wildman–Crippen LogP) is 3.96. The van der Waals surface area contributed by atoms with Gasteiger partial charge in [0.2, 0.25) is 0 Å². The van der Waals surface area contributed by atoms with Crippen LogP contribution in [0.1, 0.15) is 63.4 Å². The number of anilines is 1. The average Bonchev–Trinajstić information content (AvgIpc) is 2.64. The van der Waals surface area contributed by atoms with Crippen molar-refractivity contribution in [3.05, 3.63) is 23.9 Å². The van der Waals surface area contributed by atoms with Crippen molar-refractivity contribution < 1.29 is 0 Å². The first-order chi connectivity index (χ1) is 12.2. The van der Waals surface area contributed by atoms with Crippen molar-refractivity contribution in [3.8, 4) is 0 Å². The van der Waals surface area contributed by atoms with Gasteiger partial charge in [-0.05, 0) is 75.6 Å². The van der Waals surface area contributed by atoms with E-state index in [-0.39, 0.29) is 0 Å². The van der Waals surface area contributed by atoms with Gasteiger partial charge in [-0.15, -0.1) is 0 Å². The minimum Gasteiger partial charge on any atom is -0.367 e. The number of nitrogens with two attached hydrogens (primary N) is 1. The van der Waals surface area contributed by atoms with E-state index in [1.54, 1.807) is 0 Å². The molecule has 4 nitrogen and oxygen atoms in total. The van der Waals surface area contributed by atoms with Crippen molar-refractivity contribution in [1.29, 1.82) is 0 Å². The highest BCUT2D eigenvalue weighted by molar-refractivity contribution is 5.36. The Balaban J connectivity index is 1.42. The molecule has 1 aromatic rings. The Bertz CT molecular complexity index is 494. The fourth-order valence-electron chi connectivity index (χ4n) is 4.69. The third kappa shape index (κ3) is 5.42. The summed E-state index contributed by atoms with van der Waals surface area (Å²) in [5.41, 5.74) is 7.69. The summed E-state index contributed by atoms with van der Waals surface area (Å²) < 4.78 is 0. The van der Waals surface area contributed by atoms with Gasteiger partial charge in [-0.25, -0.2) is 4.98 Å². The van der Waals surface area contributed by atoms with E-state index < -0.39 is 0 Å². The van der Waals surface area contributed by atoms with Crippen LogP contribution < -0.4 is 11.1 Å². The zero-order valence-electron chi connectivity index (χ0n) is 16.0. The molecule has 2 aliphatic rings. The van der Waals surface area contributed by atoms with Gasteiger partial charge in [0.05, 0.1) is 0 Å². The fraction of sp³-hybridized carbons (Fsp3) is 0.762. The number of aryl methyl sites for hydroxylation is 1. The summed E-state index contributed by atoms with van der Waals surface area (Å²) in [5.74, 6) is 1.02. The number of rotatable bonds is 7. The van der Waals surface area contributed by atoms with Crippen LogP contribution in [0.3, 0.4) is 0 Å². The second-order valence-corrected chi connectivity index (χ2v) is 8.33. The Hall–Kier alpha value is -1.13. The van der Waals surface area contributed by atoms with Crippen molar-refractivity contribution in [1.82, 2.24) is 9.88 Å². The van der Waals surface area contributed by atoms with Gasteiger partial charge in [-0.3, -0.25) is 0 Å². The highest BCUT2D eigenvalue weighted by Crippen LogP contribution is 2.42. The average molecular weight is 345 g/mol. The maximum absolute atomic E-state index is 5.93. The first-order valence-corrected chi connectivity index (χ1v) is 10.3. The number of nitrogens with one attached hydrogen (secondary N) is 1. The second kappa shape index (κ2) is 9.00. The monoisotopic (exact) mass is 344 g/mol. The van der Waals surface area contributed by atoms with Crippen LogP contribution in [0.25, 0.3) is 0 Å². The van der Waals surface area contributed by atoms with E-state index in [0.717, 1.165) is 12.4 Å². The van der Waals surface area contributed by atoms with Gasteiger partial charge >= 0.3 is 0 Å². The molecular weight excluding hydrogens is 308 g/mol. The van der Waals surface area contributed by atoms with Crippen LogP contribution in [-0.4, -0.2) is 42.1 Å². The van der Waals surface area contributed by atoms with Crippen LogP contribution in [0.2, 0.25) is 0 Å². The lowest BCUT2D eigenvalue weighted by Crippen LogP contribution is -2.41. The molecular formula is C21H36N4. The second-order valence-electron chi connectivity index (χ2n) is 8.33. The van der Waals surface area contributed by atoms with Crippen molar-refractivity contribution in [2.24, 2.45) is 11.1 Å². The predicted molar refractivity (Wildman–Crippen MR) is 106 cm³/mol. The maximum Gasteiger partial charge on any atom is 0.126 e. The van der Waals surface area contributed by atoms with Gasteiger partial charge in [0, 0.05) is 25.3 Å². The van der Waals surface area contributed by atoms with Crippen molar-refractivity contribution in [2.75, 3.05) is 31.5 Å². The number of piperidine rings is 1. The summed E-state index contributed by atoms with van der Waals surface area (Å²) in [5, 5.41) is 3.61. The molecule has 1 aliphatic heterocycles. The molecule has 25 heavy (non-hydrogen) atoms. The number of pyridine rings is 1. The molecule has 3 rings (SSSR count). The number of aromatic nitrogens is 1. The Morgan fingerprint density at radius 2 is 1.92 bits per heavy atom. The molecule has 3 N–H and O–H groups in total. The quantitative estimate of drug-likeness (QED) is 0.786. The molecule has 0 unspecified atom stereocenters. The highest BCUT2D eigenvalue weighted by atomic mass is 15.1. The molecule has 1 saturated heterocycles. The third-order valence-corrected chi connectivity index (χ3v) is 6.40. The Morgan fingerprint density at radius 3 is 2.56 bits per heavy atom. The van der Waals surface area contributed by atoms with E-state index >= 15 is 0 Å². The van der Waals surface area contributed by atoms with Crippen LogP contribution in [0.4, 0.5) is 5.82 Å². The zero-order chi connectivity index (χ0) is 17.5. The number of likely N-dealkylation sites (tertiary alicyclic amines) is 1. The summed E-state index contributed by atoms with van der Waals surface area (Å²) >= 11 is 0. The number of nitrogens with zero attached hydrogens (tertiary/aromatic N) is 2. The van der Waals surface area contributed by atoms with Crippen LogP contribution in [0.15, 0.2) is 18.3 Å². The van der Waals surface area contributed by atoms with E-state index in [2.05, 4.69) is 34.3 Å². The van der Waals surface area contributed by atoms with Gasteiger partial charge in [0.1, 0.15) is 5.82 Å². The fourth-order valence-corrected chi connectivity index (χ4v) is 4.69. The largest absolute Gasteiger partial charge is 0.367 e. The summed E-state index contributed by atoms with van der Waals surface area (Å²) in [6.45, 7) is 6.62. The third-order valence-electron chi connectivity index (χ3n) is 6.40. The molecule has 0 spiro atoms. The maximum atomic E-state index is 5.93. The smallest absolute Gasteiger partial charge is 0.126 e. The van der Waals surface area contributed by atoms with E-state index in [0.29, 0.717) is 11.5 Å². The first kappa shape index (κ1) is 18.7. The first-order valence-electron chi connectivity index (χ1n) is 10.3.